The molecule has 0 radical (unpaired) electrons. The Morgan fingerprint density at radius 2 is 2.06 bits per heavy atom. The maximum absolute atomic E-state index is 6.27. The molecule has 0 spiro atoms. The van der Waals surface area contributed by atoms with E-state index < -0.39 is 0 Å². The lowest BCUT2D eigenvalue weighted by Crippen LogP contribution is -2.16. The molecule has 2 rings (SSSR count). The van der Waals surface area contributed by atoms with E-state index in [4.69, 9.17) is 16.2 Å². The Hall–Kier alpha value is -2.07. The molecular formula is C14H17N3O. The average Bonchev–Trinajstić information content (AvgIpc) is 2.38. The summed E-state index contributed by atoms with van der Waals surface area (Å²) < 4.78 is 5.20. The average molecular weight is 243 g/mol. The molecule has 0 fully saturated rings. The summed E-state index contributed by atoms with van der Waals surface area (Å²) in [5, 5.41) is 0. The van der Waals surface area contributed by atoms with Crippen LogP contribution in [0.1, 0.15) is 22.7 Å². The maximum Gasteiger partial charge on any atom is 0.128 e. The van der Waals surface area contributed by atoms with Gasteiger partial charge in [-0.1, -0.05) is 12.1 Å². The first-order valence-corrected chi connectivity index (χ1v) is 5.74. The minimum Gasteiger partial charge on any atom is -0.497 e. The number of aryl methyl sites for hydroxylation is 1. The van der Waals surface area contributed by atoms with Crippen molar-refractivity contribution in [3.63, 3.8) is 0 Å². The van der Waals surface area contributed by atoms with Gasteiger partial charge in [-0.15, -0.1) is 0 Å². The van der Waals surface area contributed by atoms with Crippen LogP contribution in [0.25, 0.3) is 0 Å². The molecule has 4 heteroatoms. The van der Waals surface area contributed by atoms with Gasteiger partial charge in [0.05, 0.1) is 13.2 Å². The van der Waals surface area contributed by atoms with Crippen LogP contribution in [0.3, 0.4) is 0 Å². The van der Waals surface area contributed by atoms with Crippen LogP contribution in [0.5, 0.6) is 5.75 Å². The number of hydrogen-bond donors (Lipinski definition) is 2. The monoisotopic (exact) mass is 243 g/mol. The highest BCUT2D eigenvalue weighted by Gasteiger charge is 2.15. The Morgan fingerprint density at radius 1 is 1.28 bits per heavy atom. The quantitative estimate of drug-likeness (QED) is 0.865. The molecule has 1 aromatic heterocycles. The number of nitrogens with zero attached hydrogens (tertiary/aromatic N) is 1. The molecule has 1 aromatic carbocycles. The van der Waals surface area contributed by atoms with Crippen LogP contribution in [0.2, 0.25) is 0 Å². The van der Waals surface area contributed by atoms with E-state index in [1.807, 2.05) is 37.3 Å². The predicted octanol–water partition coefficient (Wildman–Crippen LogP) is 2.03. The second kappa shape index (κ2) is 5.06. The predicted molar refractivity (Wildman–Crippen MR) is 72.4 cm³/mol. The van der Waals surface area contributed by atoms with Crippen LogP contribution < -0.4 is 16.2 Å². The van der Waals surface area contributed by atoms with E-state index in [0.717, 1.165) is 22.4 Å². The SMILES string of the molecule is COc1cccc(C(N)c2c(C)ccnc2N)c1. The van der Waals surface area contributed by atoms with Crippen molar-refractivity contribution in [1.29, 1.82) is 0 Å². The lowest BCUT2D eigenvalue weighted by Gasteiger charge is -2.17. The Bertz CT molecular complexity index is 534. The third-order valence-corrected chi connectivity index (χ3v) is 3.00. The number of benzene rings is 1. The van der Waals surface area contributed by atoms with E-state index in [-0.39, 0.29) is 6.04 Å². The first-order valence-electron chi connectivity index (χ1n) is 5.74. The van der Waals surface area contributed by atoms with Gasteiger partial charge in [-0.2, -0.15) is 0 Å². The second-order valence-corrected chi connectivity index (χ2v) is 4.18. The van der Waals surface area contributed by atoms with E-state index in [1.165, 1.54) is 0 Å². The Labute approximate surface area is 107 Å². The number of ether oxygens (including phenoxy) is 1. The van der Waals surface area contributed by atoms with Crippen molar-refractivity contribution in [2.45, 2.75) is 13.0 Å². The Balaban J connectivity index is 2.44. The van der Waals surface area contributed by atoms with Gasteiger partial charge >= 0.3 is 0 Å². The standard InChI is InChI=1S/C14H17N3O/c1-9-6-7-17-14(16)12(9)13(15)10-4-3-5-11(8-10)18-2/h3-8,13H,15H2,1-2H3,(H2,16,17). The van der Waals surface area contributed by atoms with Crippen LogP contribution in [0.4, 0.5) is 5.82 Å². The van der Waals surface area contributed by atoms with Crippen molar-refractivity contribution in [3.8, 4) is 5.75 Å². The molecule has 0 saturated heterocycles. The number of hydrogen-bond acceptors (Lipinski definition) is 4. The van der Waals surface area contributed by atoms with Crippen LogP contribution >= 0.6 is 0 Å². The van der Waals surface area contributed by atoms with Crippen molar-refractivity contribution in [2.75, 3.05) is 12.8 Å². The van der Waals surface area contributed by atoms with Gasteiger partial charge in [0.2, 0.25) is 0 Å². The summed E-state index contributed by atoms with van der Waals surface area (Å²) in [7, 11) is 1.63. The molecule has 0 aliphatic heterocycles. The van der Waals surface area contributed by atoms with Crippen molar-refractivity contribution < 1.29 is 4.74 Å². The van der Waals surface area contributed by atoms with E-state index >= 15 is 0 Å². The van der Waals surface area contributed by atoms with Gasteiger partial charge in [-0.3, -0.25) is 0 Å². The fourth-order valence-electron chi connectivity index (χ4n) is 2.00. The summed E-state index contributed by atoms with van der Waals surface area (Å²) in [5.74, 6) is 1.26. The van der Waals surface area contributed by atoms with E-state index in [9.17, 15) is 0 Å². The first kappa shape index (κ1) is 12.4. The van der Waals surface area contributed by atoms with Crippen molar-refractivity contribution in [1.82, 2.24) is 4.98 Å². The topological polar surface area (TPSA) is 74.2 Å². The number of nitrogens with two attached hydrogens (primary N) is 2. The van der Waals surface area contributed by atoms with Gasteiger partial charge in [-0.05, 0) is 36.2 Å². The zero-order valence-corrected chi connectivity index (χ0v) is 10.6. The summed E-state index contributed by atoms with van der Waals surface area (Å²) in [4.78, 5) is 4.10. The number of anilines is 1. The Morgan fingerprint density at radius 3 is 2.72 bits per heavy atom. The maximum atomic E-state index is 6.27. The summed E-state index contributed by atoms with van der Waals surface area (Å²) >= 11 is 0. The van der Waals surface area contributed by atoms with E-state index in [2.05, 4.69) is 4.98 Å². The third kappa shape index (κ3) is 2.28. The highest BCUT2D eigenvalue weighted by molar-refractivity contribution is 5.50. The molecular weight excluding hydrogens is 226 g/mol. The molecule has 0 amide bonds. The summed E-state index contributed by atoms with van der Waals surface area (Å²) in [5.41, 5.74) is 15.0. The number of aromatic nitrogens is 1. The third-order valence-electron chi connectivity index (χ3n) is 3.00. The van der Waals surface area contributed by atoms with Crippen molar-refractivity contribution in [2.24, 2.45) is 5.73 Å². The summed E-state index contributed by atoms with van der Waals surface area (Å²) in [6, 6.07) is 9.28. The summed E-state index contributed by atoms with van der Waals surface area (Å²) in [6.45, 7) is 1.98. The van der Waals surface area contributed by atoms with Gasteiger partial charge in [0.25, 0.3) is 0 Å². The highest BCUT2D eigenvalue weighted by atomic mass is 16.5. The number of pyridine rings is 1. The van der Waals surface area contributed by atoms with E-state index in [1.54, 1.807) is 13.3 Å². The smallest absolute Gasteiger partial charge is 0.128 e. The number of methoxy groups -OCH3 is 1. The molecule has 0 aliphatic carbocycles. The normalized spacial score (nSPS) is 12.2. The molecule has 0 bridgehead atoms. The molecule has 0 aliphatic rings. The molecule has 1 unspecified atom stereocenters. The van der Waals surface area contributed by atoms with E-state index in [0.29, 0.717) is 5.82 Å². The van der Waals surface area contributed by atoms with Gasteiger partial charge < -0.3 is 16.2 Å². The molecule has 1 heterocycles. The first-order chi connectivity index (χ1) is 8.63. The number of rotatable bonds is 3. The molecule has 0 saturated carbocycles. The second-order valence-electron chi connectivity index (χ2n) is 4.18. The molecule has 94 valence electrons. The van der Waals surface area contributed by atoms with Crippen molar-refractivity contribution in [3.05, 3.63) is 53.2 Å². The Kier molecular flexibility index (Phi) is 3.48. The van der Waals surface area contributed by atoms with Gasteiger partial charge in [0.15, 0.2) is 0 Å². The molecule has 2 aromatic rings. The number of nitrogen functional groups attached to an aromatic ring is 1. The fraction of sp³-hybridized carbons (Fsp3) is 0.214. The van der Waals surface area contributed by atoms with Gasteiger partial charge in [0.1, 0.15) is 11.6 Å². The zero-order chi connectivity index (χ0) is 13.1. The molecule has 18 heavy (non-hydrogen) atoms. The van der Waals surface area contributed by atoms with Crippen LogP contribution in [-0.4, -0.2) is 12.1 Å². The van der Waals surface area contributed by atoms with Gasteiger partial charge in [0, 0.05) is 11.8 Å². The lowest BCUT2D eigenvalue weighted by molar-refractivity contribution is 0.414. The van der Waals surface area contributed by atoms with Crippen LogP contribution in [0.15, 0.2) is 36.5 Å². The highest BCUT2D eigenvalue weighted by Crippen LogP contribution is 2.28. The molecule has 1 atom stereocenters. The lowest BCUT2D eigenvalue weighted by atomic mass is 9.96. The zero-order valence-electron chi connectivity index (χ0n) is 10.6. The summed E-state index contributed by atoms with van der Waals surface area (Å²) in [6.07, 6.45) is 1.69. The van der Waals surface area contributed by atoms with Crippen LogP contribution in [-0.2, 0) is 0 Å². The molecule has 4 N–H and O–H groups in total. The minimum atomic E-state index is -0.297. The van der Waals surface area contributed by atoms with Crippen molar-refractivity contribution >= 4 is 5.82 Å². The van der Waals surface area contributed by atoms with Gasteiger partial charge in [-0.25, -0.2) is 4.98 Å². The largest absolute Gasteiger partial charge is 0.497 e. The minimum absolute atomic E-state index is 0.297. The fourth-order valence-corrected chi connectivity index (χ4v) is 2.00. The van der Waals surface area contributed by atoms with Crippen LogP contribution in [0, 0.1) is 6.92 Å². The molecule has 4 nitrogen and oxygen atoms in total.